The van der Waals surface area contributed by atoms with Crippen LogP contribution in [0.2, 0.25) is 0 Å². The van der Waals surface area contributed by atoms with Gasteiger partial charge in [-0.15, -0.1) is 0 Å². The summed E-state index contributed by atoms with van der Waals surface area (Å²) in [4.78, 5) is 70.8. The topological polar surface area (TPSA) is 237 Å². The Bertz CT molecular complexity index is 1370. The number of aliphatic hydroxyl groups excluding tert-OH is 1. The molecule has 0 saturated heterocycles. The van der Waals surface area contributed by atoms with Crippen molar-refractivity contribution in [2.45, 2.75) is 258 Å². The average molecular weight is 1030 g/mol. The van der Waals surface area contributed by atoms with Gasteiger partial charge in [0.2, 0.25) is 0 Å². The van der Waals surface area contributed by atoms with Gasteiger partial charge in [0.15, 0.2) is 12.2 Å². The SMILES string of the molecule is CCCCCCCCCCCCCC(=O)OC[C@@H](COP(=O)(O)OC[C@@H](O)COP(=O)(O)OC[C@@H](COC(=O)CCCCCCCCC)OC(=O)CCCCC)OC(=O)CCCCCCCCCC. The van der Waals surface area contributed by atoms with Crippen LogP contribution in [0.1, 0.15) is 240 Å². The van der Waals surface area contributed by atoms with E-state index in [9.17, 15) is 43.2 Å². The van der Waals surface area contributed by atoms with E-state index in [1.54, 1.807) is 0 Å². The number of hydrogen-bond acceptors (Lipinski definition) is 15. The van der Waals surface area contributed by atoms with Gasteiger partial charge in [0.05, 0.1) is 26.4 Å². The molecule has 0 radical (unpaired) electrons. The Hall–Kier alpha value is -1.94. The summed E-state index contributed by atoms with van der Waals surface area (Å²) in [7, 11) is -9.83. The summed E-state index contributed by atoms with van der Waals surface area (Å²) < 4.78 is 66.8. The second-order valence-electron chi connectivity index (χ2n) is 18.2. The van der Waals surface area contributed by atoms with Crippen LogP contribution in [0.5, 0.6) is 0 Å². The van der Waals surface area contributed by atoms with E-state index in [4.69, 9.17) is 37.0 Å². The maximum absolute atomic E-state index is 12.8. The zero-order chi connectivity index (χ0) is 51.3. The molecular formula is C50H96O17P2. The third kappa shape index (κ3) is 45.7. The molecule has 19 heteroatoms. The summed E-state index contributed by atoms with van der Waals surface area (Å²) in [5.41, 5.74) is 0. The molecule has 0 aliphatic heterocycles. The van der Waals surface area contributed by atoms with Gasteiger partial charge in [0.1, 0.15) is 19.3 Å². The molecule has 0 heterocycles. The molecular weight excluding hydrogens is 934 g/mol. The number of unbranched alkanes of at least 4 members (excludes halogenated alkanes) is 25. The Balaban J connectivity index is 5.08. The van der Waals surface area contributed by atoms with Crippen molar-refractivity contribution in [3.63, 3.8) is 0 Å². The number of ether oxygens (including phenoxy) is 4. The van der Waals surface area contributed by atoms with Gasteiger partial charge >= 0.3 is 39.5 Å². The largest absolute Gasteiger partial charge is 0.472 e. The predicted octanol–water partition coefficient (Wildman–Crippen LogP) is 12.5. The molecule has 0 aliphatic carbocycles. The first-order chi connectivity index (χ1) is 33.2. The molecule has 0 saturated carbocycles. The molecule has 0 rings (SSSR count). The van der Waals surface area contributed by atoms with Crippen LogP contribution in [0.25, 0.3) is 0 Å². The number of rotatable bonds is 51. The Morgan fingerprint density at radius 1 is 0.348 bits per heavy atom. The van der Waals surface area contributed by atoms with Crippen molar-refractivity contribution in [2.75, 3.05) is 39.6 Å². The van der Waals surface area contributed by atoms with Crippen molar-refractivity contribution < 1.29 is 80.2 Å². The summed E-state index contributed by atoms with van der Waals surface area (Å²) in [6.45, 7) is 4.52. The number of phosphoric acid groups is 2. The van der Waals surface area contributed by atoms with Gasteiger partial charge in [0, 0.05) is 25.7 Å². The maximum Gasteiger partial charge on any atom is 0.472 e. The summed E-state index contributed by atoms with van der Waals surface area (Å²) in [6.07, 6.45) is 26.3. The highest BCUT2D eigenvalue weighted by molar-refractivity contribution is 7.47. The van der Waals surface area contributed by atoms with E-state index in [-0.39, 0.29) is 25.7 Å². The molecule has 0 fully saturated rings. The zero-order valence-electron chi connectivity index (χ0n) is 43.3. The average Bonchev–Trinajstić information content (AvgIpc) is 3.31. The molecule has 3 N–H and O–H groups in total. The lowest BCUT2D eigenvalue weighted by Gasteiger charge is -2.21. The molecule has 0 spiro atoms. The van der Waals surface area contributed by atoms with Crippen LogP contribution in [0, 0.1) is 0 Å². The highest BCUT2D eigenvalue weighted by Gasteiger charge is 2.30. The molecule has 5 atom stereocenters. The Kier molecular flexibility index (Phi) is 44.6. The Morgan fingerprint density at radius 3 is 0.884 bits per heavy atom. The minimum Gasteiger partial charge on any atom is -0.462 e. The molecule has 0 bridgehead atoms. The smallest absolute Gasteiger partial charge is 0.462 e. The van der Waals surface area contributed by atoms with E-state index in [0.29, 0.717) is 25.7 Å². The van der Waals surface area contributed by atoms with E-state index >= 15 is 0 Å². The third-order valence-corrected chi connectivity index (χ3v) is 13.3. The number of hydrogen-bond donors (Lipinski definition) is 3. The van der Waals surface area contributed by atoms with Crippen molar-refractivity contribution in [3.8, 4) is 0 Å². The first-order valence-corrected chi connectivity index (χ1v) is 29.8. The molecule has 408 valence electrons. The molecule has 0 aromatic rings. The van der Waals surface area contributed by atoms with Crippen LogP contribution >= 0.6 is 15.6 Å². The second kappa shape index (κ2) is 45.9. The van der Waals surface area contributed by atoms with Gasteiger partial charge in [0.25, 0.3) is 0 Å². The van der Waals surface area contributed by atoms with Crippen LogP contribution < -0.4 is 0 Å². The molecule has 0 amide bonds. The Labute approximate surface area is 416 Å². The first kappa shape index (κ1) is 67.1. The van der Waals surface area contributed by atoms with Gasteiger partial charge in [-0.1, -0.05) is 188 Å². The van der Waals surface area contributed by atoms with Crippen LogP contribution in [0.15, 0.2) is 0 Å². The van der Waals surface area contributed by atoms with E-state index in [0.717, 1.165) is 96.3 Å². The fourth-order valence-electron chi connectivity index (χ4n) is 7.16. The molecule has 69 heavy (non-hydrogen) atoms. The van der Waals surface area contributed by atoms with E-state index < -0.39 is 97.5 Å². The van der Waals surface area contributed by atoms with Gasteiger partial charge in [-0.3, -0.25) is 37.3 Å². The second-order valence-corrected chi connectivity index (χ2v) is 21.1. The van der Waals surface area contributed by atoms with Crippen molar-refractivity contribution >= 4 is 39.5 Å². The zero-order valence-corrected chi connectivity index (χ0v) is 45.0. The quantitative estimate of drug-likeness (QED) is 0.0222. The van der Waals surface area contributed by atoms with Gasteiger partial charge in [-0.2, -0.15) is 0 Å². The van der Waals surface area contributed by atoms with Crippen LogP contribution in [0.3, 0.4) is 0 Å². The molecule has 0 aromatic carbocycles. The first-order valence-electron chi connectivity index (χ1n) is 26.8. The van der Waals surface area contributed by atoms with Gasteiger partial charge < -0.3 is 33.8 Å². The van der Waals surface area contributed by atoms with Crippen molar-refractivity contribution in [2.24, 2.45) is 0 Å². The monoisotopic (exact) mass is 1030 g/mol. The predicted molar refractivity (Wildman–Crippen MR) is 266 cm³/mol. The molecule has 0 aliphatic rings. The van der Waals surface area contributed by atoms with Crippen molar-refractivity contribution in [1.29, 1.82) is 0 Å². The van der Waals surface area contributed by atoms with Gasteiger partial charge in [-0.25, -0.2) is 9.13 Å². The molecule has 17 nitrogen and oxygen atoms in total. The number of aliphatic hydroxyl groups is 1. The molecule has 0 aromatic heterocycles. The summed E-state index contributed by atoms with van der Waals surface area (Å²) in [5, 5.41) is 10.4. The van der Waals surface area contributed by atoms with E-state index in [2.05, 4.69) is 20.8 Å². The summed E-state index contributed by atoms with van der Waals surface area (Å²) in [6, 6.07) is 0. The lowest BCUT2D eigenvalue weighted by molar-refractivity contribution is -0.161. The van der Waals surface area contributed by atoms with Crippen LogP contribution in [-0.4, -0.2) is 96.7 Å². The van der Waals surface area contributed by atoms with Crippen molar-refractivity contribution in [1.82, 2.24) is 0 Å². The number of esters is 4. The van der Waals surface area contributed by atoms with E-state index in [1.807, 2.05) is 6.92 Å². The fraction of sp³-hybridized carbons (Fsp3) is 0.920. The maximum atomic E-state index is 12.8. The summed E-state index contributed by atoms with van der Waals surface area (Å²) >= 11 is 0. The Morgan fingerprint density at radius 2 is 0.580 bits per heavy atom. The fourth-order valence-corrected chi connectivity index (χ4v) is 8.74. The van der Waals surface area contributed by atoms with Crippen LogP contribution in [0.4, 0.5) is 0 Å². The minimum absolute atomic E-state index is 0.0896. The highest BCUT2D eigenvalue weighted by atomic mass is 31.2. The van der Waals surface area contributed by atoms with Crippen LogP contribution in [-0.2, 0) is 65.4 Å². The third-order valence-electron chi connectivity index (χ3n) is 11.4. The molecule has 2 unspecified atom stereocenters. The summed E-state index contributed by atoms with van der Waals surface area (Å²) in [5.74, 6) is -2.19. The minimum atomic E-state index is -4.92. The van der Waals surface area contributed by atoms with E-state index in [1.165, 1.54) is 64.2 Å². The standard InChI is InChI=1S/C50H96O17P2/c1-5-9-13-16-19-21-22-23-26-28-32-35-48(53)61-41-46(67-50(55)37-33-29-25-20-17-14-10-6-2)43-65-69(58,59)63-39-44(51)38-62-68(56,57)64-42-45(66-49(54)36-30-12-8-4)40-60-47(52)34-31-27-24-18-15-11-7-3/h44-46,51H,5-43H2,1-4H3,(H,56,57)(H,58,59)/t44-,45+,46-/m0/s1. The lowest BCUT2D eigenvalue weighted by atomic mass is 10.1. The number of phosphoric ester groups is 2. The highest BCUT2D eigenvalue weighted by Crippen LogP contribution is 2.45. The number of carbonyl (C=O) groups is 4. The van der Waals surface area contributed by atoms with Gasteiger partial charge in [-0.05, 0) is 25.7 Å². The lowest BCUT2D eigenvalue weighted by Crippen LogP contribution is -2.30. The number of carbonyl (C=O) groups excluding carboxylic acids is 4. The normalized spacial score (nSPS) is 14.6. The van der Waals surface area contributed by atoms with Crippen molar-refractivity contribution in [3.05, 3.63) is 0 Å².